The Morgan fingerprint density at radius 1 is 1.07 bits per heavy atom. The van der Waals surface area contributed by atoms with Gasteiger partial charge in [0.1, 0.15) is 17.1 Å². The molecule has 4 aromatic rings. The number of benzene rings is 1. The molecule has 6 rings (SSSR count). The van der Waals surface area contributed by atoms with Crippen molar-refractivity contribution in [2.45, 2.75) is 43.7 Å². The van der Waals surface area contributed by atoms with E-state index in [1.807, 2.05) is 11.7 Å². The van der Waals surface area contributed by atoms with Crippen LogP contribution in [-0.2, 0) is 18.9 Å². The first-order valence-corrected chi connectivity index (χ1v) is 15.8. The van der Waals surface area contributed by atoms with E-state index in [4.69, 9.17) is 42.8 Å². The van der Waals surface area contributed by atoms with Crippen LogP contribution in [0.3, 0.4) is 0 Å². The van der Waals surface area contributed by atoms with Crippen molar-refractivity contribution in [3.8, 4) is 22.6 Å². The molecule has 2 aliphatic rings. The van der Waals surface area contributed by atoms with Gasteiger partial charge in [0.05, 0.1) is 41.9 Å². The highest BCUT2D eigenvalue weighted by Crippen LogP contribution is 2.45. The molecule has 1 aliphatic heterocycles. The first-order valence-electron chi connectivity index (χ1n) is 15.1. The zero-order valence-electron chi connectivity index (χ0n) is 26.1. The number of halogens is 2. The number of hydrogen-bond acceptors (Lipinski definition) is 9. The summed E-state index contributed by atoms with van der Waals surface area (Å²) in [5, 5.41) is 12.3. The highest BCUT2D eigenvalue weighted by molar-refractivity contribution is 6.41. The second-order valence-electron chi connectivity index (χ2n) is 11.7. The van der Waals surface area contributed by atoms with E-state index in [-0.39, 0.29) is 39.2 Å². The monoisotopic (exact) mass is 666 g/mol. The second kappa shape index (κ2) is 12.8. The minimum absolute atomic E-state index is 0.186. The van der Waals surface area contributed by atoms with Crippen LogP contribution in [0.4, 0.5) is 11.8 Å². The van der Waals surface area contributed by atoms with E-state index in [0.29, 0.717) is 53.1 Å². The molecule has 12 nitrogen and oxygen atoms in total. The molecule has 3 aromatic heterocycles. The van der Waals surface area contributed by atoms with E-state index in [1.165, 1.54) is 43.3 Å². The van der Waals surface area contributed by atoms with Crippen molar-refractivity contribution in [1.29, 1.82) is 0 Å². The Labute approximate surface area is 276 Å². The number of anilines is 2. The maximum absolute atomic E-state index is 13.7. The third-order valence-electron chi connectivity index (χ3n) is 8.87. The van der Waals surface area contributed by atoms with Gasteiger partial charge in [-0.05, 0) is 30.9 Å². The molecule has 0 spiro atoms. The van der Waals surface area contributed by atoms with Crippen LogP contribution in [0.2, 0.25) is 10.0 Å². The van der Waals surface area contributed by atoms with E-state index in [0.717, 1.165) is 18.7 Å². The third-order valence-corrected chi connectivity index (χ3v) is 9.62. The molecule has 1 aliphatic carbocycles. The molecule has 1 saturated heterocycles. The number of rotatable bonds is 9. The Kier molecular flexibility index (Phi) is 8.84. The lowest BCUT2D eigenvalue weighted by molar-refractivity contribution is -0.117. The molecule has 14 heteroatoms. The maximum Gasteiger partial charge on any atom is 0.259 e. The molecule has 1 aromatic carbocycles. The molecule has 2 unspecified atom stereocenters. The molecule has 1 amide bonds. The summed E-state index contributed by atoms with van der Waals surface area (Å²) >= 11 is 13.3. The predicted octanol–water partition coefficient (Wildman–Crippen LogP) is 4.68. The Morgan fingerprint density at radius 3 is 2.39 bits per heavy atom. The average Bonchev–Trinajstić information content (AvgIpc) is 3.80. The largest absolute Gasteiger partial charge is 0.495 e. The number of aryl methyl sites for hydroxylation is 2. The van der Waals surface area contributed by atoms with Gasteiger partial charge >= 0.3 is 0 Å². The summed E-state index contributed by atoms with van der Waals surface area (Å²) in [7, 11) is 6.51. The quantitative estimate of drug-likeness (QED) is 0.245. The van der Waals surface area contributed by atoms with Gasteiger partial charge in [-0.25, -0.2) is 4.98 Å². The van der Waals surface area contributed by atoms with Crippen molar-refractivity contribution in [1.82, 2.24) is 29.6 Å². The number of hydrogen-bond donors (Lipinski definition) is 2. The van der Waals surface area contributed by atoms with E-state index >= 15 is 0 Å². The number of carbonyl (C=O) groups is 1. The van der Waals surface area contributed by atoms with Gasteiger partial charge < -0.3 is 25.0 Å². The van der Waals surface area contributed by atoms with Crippen molar-refractivity contribution in [3.63, 3.8) is 0 Å². The smallest absolute Gasteiger partial charge is 0.259 e. The van der Waals surface area contributed by atoms with Crippen molar-refractivity contribution in [2.24, 2.45) is 14.1 Å². The third kappa shape index (κ3) is 5.75. The molecule has 4 heterocycles. The van der Waals surface area contributed by atoms with Gasteiger partial charge in [0.15, 0.2) is 5.82 Å². The van der Waals surface area contributed by atoms with Crippen LogP contribution in [0.1, 0.15) is 37.2 Å². The molecular weight excluding hydrogens is 631 g/mol. The summed E-state index contributed by atoms with van der Waals surface area (Å²) in [5.41, 5.74) is 1.83. The second-order valence-corrected chi connectivity index (χ2v) is 12.5. The highest BCUT2D eigenvalue weighted by atomic mass is 35.5. The van der Waals surface area contributed by atoms with Crippen molar-refractivity contribution >= 4 is 51.9 Å². The van der Waals surface area contributed by atoms with E-state index in [9.17, 15) is 9.59 Å². The van der Waals surface area contributed by atoms with Gasteiger partial charge in [-0.15, -0.1) is 0 Å². The number of pyridine rings is 1. The lowest BCUT2D eigenvalue weighted by atomic mass is 10.00. The minimum atomic E-state index is -0.367. The topological polar surface area (TPSA) is 128 Å². The van der Waals surface area contributed by atoms with Crippen LogP contribution in [0.5, 0.6) is 11.5 Å². The fraction of sp³-hybridized carbons (Fsp3) is 0.406. The van der Waals surface area contributed by atoms with Crippen LogP contribution >= 0.6 is 23.2 Å². The molecule has 1 saturated carbocycles. The number of carbonyl (C=O) groups excluding carboxylic acids is 1. The van der Waals surface area contributed by atoms with Gasteiger partial charge in [0, 0.05) is 62.2 Å². The summed E-state index contributed by atoms with van der Waals surface area (Å²) < 4.78 is 14.1. The first-order chi connectivity index (χ1) is 22.1. The molecule has 242 valence electrons. The highest BCUT2D eigenvalue weighted by Gasteiger charge is 2.37. The van der Waals surface area contributed by atoms with E-state index in [2.05, 4.69) is 33.3 Å². The van der Waals surface area contributed by atoms with Crippen LogP contribution < -0.4 is 30.6 Å². The number of nitrogens with zero attached hydrogens (tertiary/aromatic N) is 6. The Hall–Kier alpha value is -4.29. The number of ether oxygens (including phenoxy) is 2. The molecule has 0 bridgehead atoms. The van der Waals surface area contributed by atoms with Crippen molar-refractivity contribution in [3.05, 3.63) is 63.1 Å². The van der Waals surface area contributed by atoms with Crippen LogP contribution in [-0.4, -0.2) is 69.6 Å². The Bertz CT molecular complexity index is 1860. The maximum atomic E-state index is 13.7. The van der Waals surface area contributed by atoms with Crippen LogP contribution in [0.25, 0.3) is 22.2 Å². The fourth-order valence-corrected chi connectivity index (χ4v) is 7.26. The summed E-state index contributed by atoms with van der Waals surface area (Å²) in [5.74, 6) is 2.11. The van der Waals surface area contributed by atoms with Gasteiger partial charge in [-0.3, -0.25) is 18.8 Å². The molecule has 46 heavy (non-hydrogen) atoms. The van der Waals surface area contributed by atoms with Gasteiger partial charge in [0.2, 0.25) is 11.9 Å². The summed E-state index contributed by atoms with van der Waals surface area (Å²) in [6.07, 6.45) is 9.76. The number of nitrogens with one attached hydrogen (secondary N) is 2. The molecule has 2 N–H and O–H groups in total. The molecule has 2 fully saturated rings. The number of methoxy groups -OCH3 is 2. The summed E-state index contributed by atoms with van der Waals surface area (Å²) in [6, 6.07) is 2.70. The van der Waals surface area contributed by atoms with E-state index in [1.54, 1.807) is 25.4 Å². The fourth-order valence-electron chi connectivity index (χ4n) is 6.56. The summed E-state index contributed by atoms with van der Waals surface area (Å²) in [4.78, 5) is 37.6. The minimum Gasteiger partial charge on any atom is -0.495 e. The number of aromatic nitrogens is 5. The number of amides is 1. The van der Waals surface area contributed by atoms with Crippen LogP contribution in [0, 0.1) is 0 Å². The molecule has 0 radical (unpaired) electrons. The SMILES string of the molecule is C=CC(=O)NC1CN(c2nn(C)cc2C2CCCC2)CC1Nc1ncc2cc(-c3c(Cl)c(OC)cc(OC)c3Cl)c(=O)n(C)c2n1. The van der Waals surface area contributed by atoms with Gasteiger partial charge in [-0.2, -0.15) is 10.1 Å². The Morgan fingerprint density at radius 2 is 1.74 bits per heavy atom. The zero-order chi connectivity index (χ0) is 32.7. The lowest BCUT2D eigenvalue weighted by Crippen LogP contribution is -2.45. The summed E-state index contributed by atoms with van der Waals surface area (Å²) in [6.45, 7) is 4.73. The lowest BCUT2D eigenvalue weighted by Gasteiger charge is -2.20. The average molecular weight is 668 g/mol. The zero-order valence-corrected chi connectivity index (χ0v) is 27.7. The predicted molar refractivity (Wildman–Crippen MR) is 180 cm³/mol. The van der Waals surface area contributed by atoms with Crippen molar-refractivity contribution < 1.29 is 14.3 Å². The van der Waals surface area contributed by atoms with Gasteiger partial charge in [-0.1, -0.05) is 42.6 Å². The number of fused-ring (bicyclic) bond motifs is 1. The standard InChI is InChI=1S/C32H36Cl2N8O4/c1-6-25(43)36-21-15-42(30-20(14-40(2)39-30)17-9-7-8-10-17)16-22(21)37-32-35-13-18-11-19(31(44)41(3)29(18)38-32)26-27(33)23(45-4)12-24(46-5)28(26)34/h6,11-14,17,21-22H,1,7-10,15-16H2,2-5H3,(H,36,43)(H,35,37,38). The molecular formula is C32H36Cl2N8O4. The van der Waals surface area contributed by atoms with E-state index < -0.39 is 0 Å². The first kappa shape index (κ1) is 31.7. The van der Waals surface area contributed by atoms with Crippen LogP contribution in [0.15, 0.2) is 42.0 Å². The van der Waals surface area contributed by atoms with Gasteiger partial charge in [0.25, 0.3) is 5.56 Å². The Balaban J connectivity index is 1.33. The van der Waals surface area contributed by atoms with Crippen molar-refractivity contribution in [2.75, 3.05) is 37.5 Å². The molecule has 2 atom stereocenters. The normalized spacial score (nSPS) is 18.3.